The SMILES string of the molecule is COC(C)CNC(=O)[C@H](C)N. The van der Waals surface area contributed by atoms with Crippen LogP contribution in [-0.4, -0.2) is 31.7 Å². The van der Waals surface area contributed by atoms with E-state index in [1.165, 1.54) is 0 Å². The Hall–Kier alpha value is -0.610. The zero-order valence-electron chi connectivity index (χ0n) is 7.26. The van der Waals surface area contributed by atoms with E-state index in [1.807, 2.05) is 6.92 Å². The first-order valence-corrected chi connectivity index (χ1v) is 3.64. The van der Waals surface area contributed by atoms with Crippen LogP contribution in [0, 0.1) is 0 Å². The molecule has 0 aliphatic rings. The first-order valence-electron chi connectivity index (χ1n) is 3.64. The van der Waals surface area contributed by atoms with Crippen LogP contribution in [0.5, 0.6) is 0 Å². The lowest BCUT2D eigenvalue weighted by Gasteiger charge is -2.11. The molecule has 0 aromatic carbocycles. The molecule has 0 aromatic rings. The minimum absolute atomic E-state index is 0.0395. The number of rotatable bonds is 4. The summed E-state index contributed by atoms with van der Waals surface area (Å²) in [5.74, 6) is -0.145. The van der Waals surface area contributed by atoms with Crippen molar-refractivity contribution in [2.75, 3.05) is 13.7 Å². The van der Waals surface area contributed by atoms with Gasteiger partial charge in [0.15, 0.2) is 0 Å². The van der Waals surface area contributed by atoms with Crippen LogP contribution in [0.25, 0.3) is 0 Å². The molecule has 0 saturated heterocycles. The summed E-state index contributed by atoms with van der Waals surface area (Å²) < 4.78 is 4.92. The molecule has 0 fully saturated rings. The number of carbonyl (C=O) groups excluding carboxylic acids is 1. The van der Waals surface area contributed by atoms with Crippen molar-refractivity contribution in [3.8, 4) is 0 Å². The fraction of sp³-hybridized carbons (Fsp3) is 0.857. The van der Waals surface area contributed by atoms with Crippen LogP contribution >= 0.6 is 0 Å². The number of nitrogens with two attached hydrogens (primary N) is 1. The summed E-state index contributed by atoms with van der Waals surface area (Å²) in [4.78, 5) is 10.9. The second-order valence-electron chi connectivity index (χ2n) is 2.58. The van der Waals surface area contributed by atoms with E-state index in [1.54, 1.807) is 14.0 Å². The van der Waals surface area contributed by atoms with Gasteiger partial charge in [-0.1, -0.05) is 0 Å². The van der Waals surface area contributed by atoms with E-state index >= 15 is 0 Å². The molecule has 0 aromatic heterocycles. The molecule has 4 nitrogen and oxygen atoms in total. The molecule has 0 saturated carbocycles. The summed E-state index contributed by atoms with van der Waals surface area (Å²) in [6.45, 7) is 4.03. The van der Waals surface area contributed by atoms with Gasteiger partial charge in [0.05, 0.1) is 12.1 Å². The van der Waals surface area contributed by atoms with Crippen molar-refractivity contribution < 1.29 is 9.53 Å². The molecule has 0 aliphatic heterocycles. The van der Waals surface area contributed by atoms with Gasteiger partial charge in [0.1, 0.15) is 0 Å². The van der Waals surface area contributed by atoms with E-state index in [9.17, 15) is 4.79 Å². The van der Waals surface area contributed by atoms with Crippen LogP contribution in [0.1, 0.15) is 13.8 Å². The second-order valence-corrected chi connectivity index (χ2v) is 2.58. The predicted molar refractivity (Wildman–Crippen MR) is 43.1 cm³/mol. The summed E-state index contributed by atoms with van der Waals surface area (Å²) in [5, 5.41) is 2.64. The van der Waals surface area contributed by atoms with E-state index in [-0.39, 0.29) is 12.0 Å². The Kier molecular flexibility index (Phi) is 4.81. The van der Waals surface area contributed by atoms with Gasteiger partial charge in [-0.15, -0.1) is 0 Å². The van der Waals surface area contributed by atoms with Crippen molar-refractivity contribution in [2.45, 2.75) is 26.0 Å². The van der Waals surface area contributed by atoms with E-state index in [0.29, 0.717) is 6.54 Å². The summed E-state index contributed by atoms with van der Waals surface area (Å²) in [7, 11) is 1.60. The average Bonchev–Trinajstić information content (AvgIpc) is 1.99. The Bertz CT molecular complexity index is 126. The molecule has 2 atom stereocenters. The van der Waals surface area contributed by atoms with Gasteiger partial charge in [-0.3, -0.25) is 4.79 Å². The van der Waals surface area contributed by atoms with Crippen molar-refractivity contribution in [3.05, 3.63) is 0 Å². The van der Waals surface area contributed by atoms with Gasteiger partial charge >= 0.3 is 0 Å². The maximum Gasteiger partial charge on any atom is 0.236 e. The molecule has 0 heterocycles. The number of hydrogen-bond acceptors (Lipinski definition) is 3. The monoisotopic (exact) mass is 160 g/mol. The smallest absolute Gasteiger partial charge is 0.236 e. The predicted octanol–water partition coefficient (Wildman–Crippen LogP) is -0.515. The molecule has 1 unspecified atom stereocenters. The van der Waals surface area contributed by atoms with E-state index in [0.717, 1.165) is 0 Å². The Morgan fingerprint density at radius 3 is 2.55 bits per heavy atom. The fourth-order valence-corrected chi connectivity index (χ4v) is 0.489. The minimum Gasteiger partial charge on any atom is -0.380 e. The highest BCUT2D eigenvalue weighted by atomic mass is 16.5. The van der Waals surface area contributed by atoms with Crippen molar-refractivity contribution >= 4 is 5.91 Å². The Labute approximate surface area is 67.1 Å². The van der Waals surface area contributed by atoms with Crippen LogP contribution in [0.15, 0.2) is 0 Å². The standard InChI is InChI=1S/C7H16N2O2/c1-5(11-3)4-9-7(10)6(2)8/h5-6H,4,8H2,1-3H3,(H,9,10)/t5?,6-/m0/s1. The number of ether oxygens (including phenoxy) is 1. The number of nitrogens with one attached hydrogen (secondary N) is 1. The van der Waals surface area contributed by atoms with Crippen molar-refractivity contribution in [1.29, 1.82) is 0 Å². The van der Waals surface area contributed by atoms with Crippen LogP contribution in [0.3, 0.4) is 0 Å². The number of hydrogen-bond donors (Lipinski definition) is 2. The highest BCUT2D eigenvalue weighted by Crippen LogP contribution is 1.84. The molecule has 0 rings (SSSR count). The normalized spacial score (nSPS) is 15.6. The molecule has 0 radical (unpaired) electrons. The maximum atomic E-state index is 10.9. The minimum atomic E-state index is -0.445. The molecule has 1 amide bonds. The van der Waals surface area contributed by atoms with Crippen molar-refractivity contribution in [2.24, 2.45) is 5.73 Å². The third-order valence-electron chi connectivity index (χ3n) is 1.38. The van der Waals surface area contributed by atoms with E-state index in [4.69, 9.17) is 10.5 Å². The lowest BCUT2D eigenvalue weighted by atomic mass is 10.3. The lowest BCUT2D eigenvalue weighted by Crippen LogP contribution is -2.41. The molecule has 11 heavy (non-hydrogen) atoms. The average molecular weight is 160 g/mol. The van der Waals surface area contributed by atoms with Crippen LogP contribution in [0.2, 0.25) is 0 Å². The van der Waals surface area contributed by atoms with Gasteiger partial charge in [-0.25, -0.2) is 0 Å². The first-order chi connectivity index (χ1) is 5.07. The number of methoxy groups -OCH3 is 1. The van der Waals surface area contributed by atoms with Gasteiger partial charge in [-0.2, -0.15) is 0 Å². The van der Waals surface area contributed by atoms with Gasteiger partial charge < -0.3 is 15.8 Å². The Morgan fingerprint density at radius 2 is 2.18 bits per heavy atom. The maximum absolute atomic E-state index is 10.9. The highest BCUT2D eigenvalue weighted by Gasteiger charge is 2.07. The molecule has 3 N–H and O–H groups in total. The number of amides is 1. The van der Waals surface area contributed by atoms with E-state index in [2.05, 4.69) is 5.32 Å². The van der Waals surface area contributed by atoms with Crippen LogP contribution < -0.4 is 11.1 Å². The van der Waals surface area contributed by atoms with Crippen LogP contribution in [0.4, 0.5) is 0 Å². The Balaban J connectivity index is 3.46. The van der Waals surface area contributed by atoms with E-state index < -0.39 is 6.04 Å². The highest BCUT2D eigenvalue weighted by molar-refractivity contribution is 5.80. The van der Waals surface area contributed by atoms with Crippen LogP contribution in [-0.2, 0) is 9.53 Å². The lowest BCUT2D eigenvalue weighted by molar-refractivity contribution is -0.122. The topological polar surface area (TPSA) is 64.3 Å². The fourth-order valence-electron chi connectivity index (χ4n) is 0.489. The molecule has 0 bridgehead atoms. The van der Waals surface area contributed by atoms with Gasteiger partial charge in [0.2, 0.25) is 5.91 Å². The van der Waals surface area contributed by atoms with Crippen molar-refractivity contribution in [3.63, 3.8) is 0 Å². The molecular weight excluding hydrogens is 144 g/mol. The zero-order valence-corrected chi connectivity index (χ0v) is 7.26. The Morgan fingerprint density at radius 1 is 1.64 bits per heavy atom. The first kappa shape index (κ1) is 10.4. The molecule has 0 spiro atoms. The molecule has 4 heteroatoms. The van der Waals surface area contributed by atoms with Gasteiger partial charge in [-0.05, 0) is 13.8 Å². The largest absolute Gasteiger partial charge is 0.380 e. The summed E-state index contributed by atoms with van der Waals surface area (Å²) in [6.07, 6.45) is 0.0395. The number of carbonyl (C=O) groups is 1. The quantitative estimate of drug-likeness (QED) is 0.582. The van der Waals surface area contributed by atoms with Gasteiger partial charge in [0, 0.05) is 13.7 Å². The molecular formula is C7H16N2O2. The third-order valence-corrected chi connectivity index (χ3v) is 1.38. The molecule has 0 aliphatic carbocycles. The second kappa shape index (κ2) is 5.09. The summed E-state index contributed by atoms with van der Waals surface area (Å²) >= 11 is 0. The van der Waals surface area contributed by atoms with Crippen molar-refractivity contribution in [1.82, 2.24) is 5.32 Å². The summed E-state index contributed by atoms with van der Waals surface area (Å²) in [6, 6.07) is -0.445. The third kappa shape index (κ3) is 4.75. The zero-order chi connectivity index (χ0) is 8.85. The van der Waals surface area contributed by atoms with Gasteiger partial charge in [0.25, 0.3) is 0 Å². The molecule has 66 valence electrons. The summed E-state index contributed by atoms with van der Waals surface area (Å²) in [5.41, 5.74) is 5.31.